The summed E-state index contributed by atoms with van der Waals surface area (Å²) in [4.78, 5) is 70.0. The highest BCUT2D eigenvalue weighted by Crippen LogP contribution is 2.03. The second-order valence-corrected chi connectivity index (χ2v) is 5.65. The summed E-state index contributed by atoms with van der Waals surface area (Å²) in [5.41, 5.74) is 0. The molecule has 130 valence electrons. The number of carbonyl (C=O) groups excluding carboxylic acids is 2. The number of amides is 2. The van der Waals surface area contributed by atoms with Gasteiger partial charge >= 0.3 is 23.8 Å². The number of rotatable bonds is 4. The first kappa shape index (κ1) is 19.6. The predicted molar refractivity (Wildman–Crippen MR) is 67.3 cm³/mol. The Balaban J connectivity index is 0.000000593. The summed E-state index contributed by atoms with van der Waals surface area (Å²) in [6.45, 7) is -0.0917. The molecule has 5 N–H and O–H groups in total. The Labute approximate surface area is 131 Å². The van der Waals surface area contributed by atoms with E-state index in [9.17, 15) is 19.2 Å². The molecule has 2 aliphatic rings. The number of nitrogens with one attached hydrogen (secondary N) is 2. The lowest BCUT2D eigenvalue weighted by molar-refractivity contribution is -1.02. The molecule has 0 aromatic carbocycles. The lowest BCUT2D eigenvalue weighted by Gasteiger charge is -2.21. The topological polar surface area (TPSA) is 184 Å². The molecule has 2 aliphatic heterocycles. The van der Waals surface area contributed by atoms with Crippen LogP contribution in [0.1, 0.15) is 25.7 Å². The molecule has 0 aliphatic carbocycles. The van der Waals surface area contributed by atoms with E-state index in [1.54, 1.807) is 0 Å². The molecule has 2 heterocycles. The summed E-state index contributed by atoms with van der Waals surface area (Å²) in [6.07, 6.45) is 0.794. The largest absolute Gasteiger partial charge is 0.820 e. The highest BCUT2D eigenvalue weighted by atomic mass is 31.2. The number of hydrogen-bond acceptors (Lipinski definition) is 7. The number of carbonyl (C=O) groups is 4. The minimum Gasteiger partial charge on any atom is -0.820 e. The van der Waals surface area contributed by atoms with Gasteiger partial charge in [-0.1, -0.05) is 0 Å². The van der Waals surface area contributed by atoms with E-state index < -0.39 is 32.6 Å². The fourth-order valence-corrected chi connectivity index (χ4v) is 2.80. The van der Waals surface area contributed by atoms with Crippen molar-refractivity contribution in [1.29, 1.82) is 0 Å². The van der Waals surface area contributed by atoms with Crippen molar-refractivity contribution >= 4 is 32.4 Å². The molecule has 2 fully saturated rings. The molecule has 11 nitrogen and oxygen atoms in total. The van der Waals surface area contributed by atoms with Crippen molar-refractivity contribution in [2.45, 2.75) is 37.8 Å². The molecule has 12 heteroatoms. The maximum Gasteiger partial charge on any atom is 0.363 e. The zero-order valence-corrected chi connectivity index (χ0v) is 12.8. The van der Waals surface area contributed by atoms with E-state index in [4.69, 9.17) is 24.9 Å². The van der Waals surface area contributed by atoms with Crippen LogP contribution < -0.4 is 19.6 Å². The number of likely N-dealkylation sites (tertiary alicyclic amines) is 2. The molecule has 4 atom stereocenters. The molecule has 2 rings (SSSR count). The lowest BCUT2D eigenvalue weighted by Crippen LogP contribution is -3.35. The molecule has 23 heavy (non-hydrogen) atoms. The van der Waals surface area contributed by atoms with Gasteiger partial charge in [0.2, 0.25) is 6.67 Å². The summed E-state index contributed by atoms with van der Waals surface area (Å²) >= 11 is 0. The van der Waals surface area contributed by atoms with E-state index in [-0.39, 0.29) is 54.0 Å². The zero-order valence-electron chi connectivity index (χ0n) is 11.9. The fourth-order valence-electron chi connectivity index (χ4n) is 2.80. The van der Waals surface area contributed by atoms with Crippen molar-refractivity contribution in [3.05, 3.63) is 0 Å². The van der Waals surface area contributed by atoms with Gasteiger partial charge in [0.25, 0.3) is 0 Å². The summed E-state index contributed by atoms with van der Waals surface area (Å²) in [6, 6.07) is -1.74. The van der Waals surface area contributed by atoms with Gasteiger partial charge in [0.1, 0.15) is 0 Å². The van der Waals surface area contributed by atoms with Gasteiger partial charge in [-0.3, -0.25) is 0 Å². The van der Waals surface area contributed by atoms with Crippen LogP contribution in [0.2, 0.25) is 0 Å². The summed E-state index contributed by atoms with van der Waals surface area (Å²) in [5.74, 6) is -2.69. The molecule has 0 saturated carbocycles. The Kier molecular flexibility index (Phi) is 7.13. The Morgan fingerprint density at radius 2 is 1.30 bits per heavy atom. The summed E-state index contributed by atoms with van der Waals surface area (Å²) in [5, 5.41) is 18.1. The summed E-state index contributed by atoms with van der Waals surface area (Å²) < 4.78 is 0. The molecule has 2 saturated heterocycles. The van der Waals surface area contributed by atoms with Gasteiger partial charge in [-0.25, -0.2) is 29.0 Å². The number of quaternary nitrogens is 2. The van der Waals surface area contributed by atoms with Gasteiger partial charge in [0, 0.05) is 12.8 Å². The van der Waals surface area contributed by atoms with Crippen molar-refractivity contribution in [2.24, 2.45) is 0 Å². The smallest absolute Gasteiger partial charge is 0.363 e. The Morgan fingerprint density at radius 3 is 1.57 bits per heavy atom. The fraction of sp³-hybridized carbons (Fsp3) is 0.636. The van der Waals surface area contributed by atoms with Crippen molar-refractivity contribution in [3.63, 3.8) is 0 Å². The van der Waals surface area contributed by atoms with Gasteiger partial charge in [0.05, 0.1) is 12.8 Å². The highest BCUT2D eigenvalue weighted by Gasteiger charge is 2.49. The minimum absolute atomic E-state index is 0.0917. The van der Waals surface area contributed by atoms with Gasteiger partial charge in [-0.2, -0.15) is 8.60 Å². The highest BCUT2D eigenvalue weighted by molar-refractivity contribution is 7.35. The maximum absolute atomic E-state index is 11.7. The molecular formula is C11H17N2O9P. The van der Waals surface area contributed by atoms with Gasteiger partial charge in [0.15, 0.2) is 12.1 Å². The third-order valence-corrected chi connectivity index (χ3v) is 3.85. The van der Waals surface area contributed by atoms with Gasteiger partial charge < -0.3 is 24.9 Å². The van der Waals surface area contributed by atoms with Crippen LogP contribution in [0.15, 0.2) is 0 Å². The molecule has 0 bridgehead atoms. The monoisotopic (exact) mass is 352 g/mol. The molecule has 0 spiro atoms. The average molecular weight is 352 g/mol. The Hall–Kier alpha value is -1.49. The average Bonchev–Trinajstić information content (AvgIpc) is 2.95. The molecule has 0 aromatic heterocycles. The Morgan fingerprint density at radius 1 is 1.00 bits per heavy atom. The normalized spacial score (nSPS) is 30.3. The molecule has 2 amide bonds. The number of aliphatic carboxylic acids is 2. The molecule has 4 unspecified atom stereocenters. The van der Waals surface area contributed by atoms with E-state index in [0.29, 0.717) is 0 Å². The number of carboxylic acids is 2. The minimum atomic E-state index is -3.12. The van der Waals surface area contributed by atoms with Crippen molar-refractivity contribution in [2.75, 3.05) is 6.67 Å². The van der Waals surface area contributed by atoms with Crippen molar-refractivity contribution in [1.82, 2.24) is 0 Å². The van der Waals surface area contributed by atoms with Crippen molar-refractivity contribution in [3.8, 4) is 0 Å². The van der Waals surface area contributed by atoms with Crippen molar-refractivity contribution < 1.29 is 53.9 Å². The van der Waals surface area contributed by atoms with Gasteiger partial charge in [-0.05, 0) is 0 Å². The second-order valence-electron chi connectivity index (χ2n) is 5.17. The molecule has 0 aromatic rings. The second kappa shape index (κ2) is 8.39. The third kappa shape index (κ3) is 5.27. The van der Waals surface area contributed by atoms with Crippen LogP contribution in [-0.2, 0) is 19.2 Å². The van der Waals surface area contributed by atoms with Crippen LogP contribution in [0.5, 0.6) is 0 Å². The van der Waals surface area contributed by atoms with Crippen LogP contribution in [0.3, 0.4) is 0 Å². The van der Waals surface area contributed by atoms with E-state index in [1.807, 2.05) is 0 Å². The van der Waals surface area contributed by atoms with E-state index in [0.717, 1.165) is 0 Å². The Bertz CT molecular complexity index is 455. The number of carboxylic acid groups (broad SMARTS) is 2. The first-order valence-electron chi connectivity index (χ1n) is 6.71. The van der Waals surface area contributed by atoms with Crippen LogP contribution in [0.4, 0.5) is 0 Å². The molecule has 0 radical (unpaired) electrons. The first-order chi connectivity index (χ1) is 10.6. The standard InChI is InChI=1S/C11H14N2O6.HO3P/c14-8-3-1-6(10(16)17)12(8)5-13-7(11(18)19)2-4-9(13)15;1-4(2)3/h6-7H,1-5H2,(H,16,17)(H,18,19);1H/q;-2/p+2. The van der Waals surface area contributed by atoms with E-state index >= 15 is 0 Å². The maximum atomic E-state index is 11.7. The quantitative estimate of drug-likeness (QED) is 0.307. The van der Waals surface area contributed by atoms with Crippen LogP contribution in [0, 0.1) is 0 Å². The number of hydrogen-bond donors (Lipinski definition) is 5. The van der Waals surface area contributed by atoms with E-state index in [1.165, 1.54) is 0 Å². The predicted octanol–water partition coefficient (Wildman–Crippen LogP) is -5.81. The SMILES string of the molecule is O=C(O)C1CCC(=O)[NH+]1C[NH+]1C(=O)CCC1C(=O)O.[O-]P([O-])O. The van der Waals surface area contributed by atoms with Gasteiger partial charge in [-0.15, -0.1) is 0 Å². The van der Waals surface area contributed by atoms with E-state index in [2.05, 4.69) is 0 Å². The third-order valence-electron chi connectivity index (χ3n) is 3.85. The zero-order chi connectivity index (χ0) is 17.7. The summed E-state index contributed by atoms with van der Waals surface area (Å²) in [7, 11) is -3.12. The lowest BCUT2D eigenvalue weighted by atomic mass is 10.2. The first-order valence-corrected chi connectivity index (χ1v) is 7.84. The van der Waals surface area contributed by atoms with Crippen LogP contribution in [0.25, 0.3) is 0 Å². The van der Waals surface area contributed by atoms with Crippen LogP contribution >= 0.6 is 8.60 Å². The molecular weight excluding hydrogens is 335 g/mol. The van der Waals surface area contributed by atoms with Crippen LogP contribution in [-0.4, -0.2) is 57.6 Å².